The first-order valence-electron chi connectivity index (χ1n) is 11.3. The molecule has 7 rings (SSSR count). The lowest BCUT2D eigenvalue weighted by Gasteiger charge is -2.40. The van der Waals surface area contributed by atoms with Crippen LogP contribution >= 0.6 is 0 Å². The number of rotatable bonds is 2. The molecule has 0 fully saturated rings. The molecule has 0 saturated heterocycles. The summed E-state index contributed by atoms with van der Waals surface area (Å²) in [5, 5.41) is 3.70. The molecule has 0 aromatic heterocycles. The van der Waals surface area contributed by atoms with E-state index in [-0.39, 0.29) is 0 Å². The van der Waals surface area contributed by atoms with Gasteiger partial charge in [-0.25, -0.2) is 0 Å². The quantitative estimate of drug-likeness (QED) is 0.305. The van der Waals surface area contributed by atoms with Crippen molar-refractivity contribution in [2.75, 3.05) is 5.32 Å². The Labute approximate surface area is 193 Å². The van der Waals surface area contributed by atoms with Crippen LogP contribution in [0, 0.1) is 0 Å². The van der Waals surface area contributed by atoms with E-state index in [2.05, 4.69) is 121 Å². The molecule has 33 heavy (non-hydrogen) atoms. The minimum absolute atomic E-state index is 0.463. The molecule has 1 N–H and O–H groups in total. The Morgan fingerprint density at radius 1 is 0.485 bits per heavy atom. The predicted octanol–water partition coefficient (Wildman–Crippen LogP) is 7.90. The van der Waals surface area contributed by atoms with E-state index in [9.17, 15) is 0 Å². The third-order valence-electron chi connectivity index (χ3n) is 6.92. The van der Waals surface area contributed by atoms with E-state index >= 15 is 0 Å². The molecule has 2 heteroatoms. The largest absolute Gasteiger partial charge is 0.457 e. The van der Waals surface area contributed by atoms with Crippen LogP contribution in [0.15, 0.2) is 121 Å². The average molecular weight is 424 g/mol. The summed E-state index contributed by atoms with van der Waals surface area (Å²) in [5.74, 6) is 1.80. The summed E-state index contributed by atoms with van der Waals surface area (Å²) in [4.78, 5) is 0. The van der Waals surface area contributed by atoms with Crippen molar-refractivity contribution in [3.63, 3.8) is 0 Å². The number of hydrogen-bond donors (Lipinski definition) is 1. The maximum Gasteiger partial charge on any atom is 0.134 e. The van der Waals surface area contributed by atoms with Crippen molar-refractivity contribution in [3.05, 3.63) is 144 Å². The van der Waals surface area contributed by atoms with Crippen LogP contribution in [0.5, 0.6) is 11.5 Å². The molecule has 0 radical (unpaired) electrons. The third-order valence-corrected chi connectivity index (χ3v) is 6.92. The SMILES string of the molecule is c1ccc(Nc2cccc3c2C2(c4ccccc4O3)c3ccccc3-c3ccccc32)cc1. The Bertz CT molecular complexity index is 1470. The second-order valence-electron chi connectivity index (χ2n) is 8.61. The van der Waals surface area contributed by atoms with Crippen molar-refractivity contribution < 1.29 is 4.74 Å². The van der Waals surface area contributed by atoms with Gasteiger partial charge in [0, 0.05) is 22.5 Å². The number of para-hydroxylation sites is 2. The monoisotopic (exact) mass is 423 g/mol. The van der Waals surface area contributed by atoms with E-state index in [0.717, 1.165) is 28.4 Å². The standard InChI is InChI=1S/C31H21NO/c1-2-11-21(12-3-1)32-27-18-10-20-29-30(27)31(26-17-8-9-19-28(26)33-29)24-15-6-4-13-22(24)23-14-5-7-16-25(23)31/h1-20,32H. The Balaban J connectivity index is 1.62. The van der Waals surface area contributed by atoms with E-state index in [1.54, 1.807) is 0 Å². The molecule has 5 aromatic carbocycles. The van der Waals surface area contributed by atoms with Crippen LogP contribution in [0.2, 0.25) is 0 Å². The minimum Gasteiger partial charge on any atom is -0.457 e. The highest BCUT2D eigenvalue weighted by molar-refractivity contribution is 5.91. The molecule has 0 saturated carbocycles. The number of nitrogens with one attached hydrogen (secondary N) is 1. The van der Waals surface area contributed by atoms with Gasteiger partial charge in [0.05, 0.1) is 5.41 Å². The lowest BCUT2D eigenvalue weighted by atomic mass is 9.65. The second kappa shape index (κ2) is 6.85. The zero-order valence-electron chi connectivity index (χ0n) is 18.0. The molecule has 2 aliphatic rings. The summed E-state index contributed by atoms with van der Waals surface area (Å²) in [6, 6.07) is 42.7. The van der Waals surface area contributed by atoms with Crippen LogP contribution in [-0.4, -0.2) is 0 Å². The molecular formula is C31H21NO. The molecule has 0 bridgehead atoms. The molecule has 0 atom stereocenters. The van der Waals surface area contributed by atoms with Crippen LogP contribution in [-0.2, 0) is 5.41 Å². The number of hydrogen-bond acceptors (Lipinski definition) is 2. The lowest BCUT2D eigenvalue weighted by Crippen LogP contribution is -2.33. The molecule has 5 aromatic rings. The Morgan fingerprint density at radius 3 is 1.79 bits per heavy atom. The third kappa shape index (κ3) is 2.43. The summed E-state index contributed by atoms with van der Waals surface area (Å²) in [6.07, 6.45) is 0. The van der Waals surface area contributed by atoms with Crippen LogP contribution in [0.1, 0.15) is 22.3 Å². The van der Waals surface area contributed by atoms with Gasteiger partial charge in [-0.15, -0.1) is 0 Å². The zero-order valence-corrected chi connectivity index (χ0v) is 18.0. The Morgan fingerprint density at radius 2 is 1.06 bits per heavy atom. The topological polar surface area (TPSA) is 21.3 Å². The highest BCUT2D eigenvalue weighted by Crippen LogP contribution is 2.63. The molecule has 1 aliphatic heterocycles. The first-order chi connectivity index (χ1) is 16.4. The molecular weight excluding hydrogens is 402 g/mol. The molecule has 1 aliphatic carbocycles. The van der Waals surface area contributed by atoms with Gasteiger partial charge in [0.15, 0.2) is 0 Å². The highest BCUT2D eigenvalue weighted by Gasteiger charge is 2.52. The first kappa shape index (κ1) is 18.3. The first-order valence-corrected chi connectivity index (χ1v) is 11.3. The van der Waals surface area contributed by atoms with E-state index in [1.165, 1.54) is 27.8 Å². The molecule has 1 heterocycles. The minimum atomic E-state index is -0.463. The van der Waals surface area contributed by atoms with E-state index < -0.39 is 5.41 Å². The van der Waals surface area contributed by atoms with E-state index in [0.29, 0.717) is 0 Å². The van der Waals surface area contributed by atoms with Gasteiger partial charge in [-0.3, -0.25) is 0 Å². The van der Waals surface area contributed by atoms with Gasteiger partial charge in [-0.05, 0) is 52.6 Å². The molecule has 2 nitrogen and oxygen atoms in total. The summed E-state index contributed by atoms with van der Waals surface area (Å²) in [7, 11) is 0. The fourth-order valence-corrected chi connectivity index (χ4v) is 5.70. The van der Waals surface area contributed by atoms with Crippen LogP contribution in [0.25, 0.3) is 11.1 Å². The van der Waals surface area contributed by atoms with Crippen molar-refractivity contribution in [1.82, 2.24) is 0 Å². The maximum atomic E-state index is 6.53. The Kier molecular flexibility index (Phi) is 3.80. The highest BCUT2D eigenvalue weighted by atomic mass is 16.5. The van der Waals surface area contributed by atoms with Gasteiger partial charge >= 0.3 is 0 Å². The van der Waals surface area contributed by atoms with Crippen molar-refractivity contribution in [2.45, 2.75) is 5.41 Å². The van der Waals surface area contributed by atoms with E-state index in [1.807, 2.05) is 6.07 Å². The van der Waals surface area contributed by atoms with Gasteiger partial charge in [0.2, 0.25) is 0 Å². The maximum absolute atomic E-state index is 6.53. The van der Waals surface area contributed by atoms with Gasteiger partial charge < -0.3 is 10.1 Å². The average Bonchev–Trinajstić information content (AvgIpc) is 3.16. The zero-order chi connectivity index (χ0) is 21.8. The second-order valence-corrected chi connectivity index (χ2v) is 8.61. The van der Waals surface area contributed by atoms with E-state index in [4.69, 9.17) is 4.74 Å². The fourth-order valence-electron chi connectivity index (χ4n) is 5.70. The van der Waals surface area contributed by atoms with Gasteiger partial charge in [0.25, 0.3) is 0 Å². The molecule has 0 unspecified atom stereocenters. The summed E-state index contributed by atoms with van der Waals surface area (Å²) >= 11 is 0. The number of anilines is 2. The summed E-state index contributed by atoms with van der Waals surface area (Å²) < 4.78 is 6.53. The fraction of sp³-hybridized carbons (Fsp3) is 0.0323. The Hall–Kier alpha value is -4.30. The van der Waals surface area contributed by atoms with Crippen molar-refractivity contribution >= 4 is 11.4 Å². The van der Waals surface area contributed by atoms with Crippen LogP contribution < -0.4 is 10.1 Å². The summed E-state index contributed by atoms with van der Waals surface area (Å²) in [6.45, 7) is 0. The van der Waals surface area contributed by atoms with Crippen molar-refractivity contribution in [1.29, 1.82) is 0 Å². The summed E-state index contributed by atoms with van der Waals surface area (Å²) in [5.41, 5.74) is 9.14. The number of fused-ring (bicyclic) bond motifs is 9. The van der Waals surface area contributed by atoms with Gasteiger partial charge in [0.1, 0.15) is 11.5 Å². The van der Waals surface area contributed by atoms with Crippen LogP contribution in [0.4, 0.5) is 11.4 Å². The van der Waals surface area contributed by atoms with Gasteiger partial charge in [-0.2, -0.15) is 0 Å². The smallest absolute Gasteiger partial charge is 0.134 e. The lowest BCUT2D eigenvalue weighted by molar-refractivity contribution is 0.437. The molecule has 1 spiro atoms. The van der Waals surface area contributed by atoms with Crippen LogP contribution in [0.3, 0.4) is 0 Å². The van der Waals surface area contributed by atoms with Gasteiger partial charge in [-0.1, -0.05) is 91.0 Å². The number of ether oxygens (including phenoxy) is 1. The molecule has 156 valence electrons. The number of benzene rings is 5. The van der Waals surface area contributed by atoms with Crippen molar-refractivity contribution in [2.24, 2.45) is 0 Å². The molecule has 0 amide bonds. The normalized spacial score (nSPS) is 13.9. The predicted molar refractivity (Wildman–Crippen MR) is 134 cm³/mol. The van der Waals surface area contributed by atoms with Crippen molar-refractivity contribution in [3.8, 4) is 22.6 Å².